The van der Waals surface area contributed by atoms with E-state index in [1.165, 1.54) is 0 Å². The van der Waals surface area contributed by atoms with Gasteiger partial charge < -0.3 is 9.73 Å². The summed E-state index contributed by atoms with van der Waals surface area (Å²) < 4.78 is 6.57. The predicted octanol–water partition coefficient (Wildman–Crippen LogP) is 2.51. The normalized spacial score (nSPS) is 12.5. The van der Waals surface area contributed by atoms with Gasteiger partial charge in [-0.15, -0.1) is 10.2 Å². The van der Waals surface area contributed by atoms with Crippen molar-refractivity contribution in [3.8, 4) is 0 Å². The third-order valence-corrected chi connectivity index (χ3v) is 3.69. The molecule has 0 bridgehead atoms. The fourth-order valence-corrected chi connectivity index (χ4v) is 2.45. The minimum Gasteiger partial charge on any atom is -0.451 e. The summed E-state index contributed by atoms with van der Waals surface area (Å²) in [6.07, 6.45) is 0. The molecule has 7 nitrogen and oxygen atoms in total. The van der Waals surface area contributed by atoms with Gasteiger partial charge in [0.2, 0.25) is 0 Å². The number of hydrogen-bond acceptors (Lipinski definition) is 5. The second kappa shape index (κ2) is 5.28. The lowest BCUT2D eigenvalue weighted by Gasteiger charge is -2.08. The Kier molecular flexibility index (Phi) is 3.46. The molecule has 2 aromatic heterocycles. The quantitative estimate of drug-likeness (QED) is 0.757. The molecule has 0 saturated carbocycles. The maximum Gasteiger partial charge on any atom is 0.287 e. The summed E-state index contributed by atoms with van der Waals surface area (Å²) in [5.41, 5.74) is 1.47. The average molecular weight is 350 g/mol. The van der Waals surface area contributed by atoms with E-state index in [0.717, 1.165) is 15.4 Å². The van der Waals surface area contributed by atoms with Gasteiger partial charge in [0, 0.05) is 15.4 Å². The summed E-state index contributed by atoms with van der Waals surface area (Å²) in [4.78, 5) is 12.3. The number of fused-ring (bicyclic) bond motifs is 1. The zero-order valence-corrected chi connectivity index (χ0v) is 12.9. The minimum atomic E-state index is -0.365. The van der Waals surface area contributed by atoms with Crippen molar-refractivity contribution >= 4 is 32.8 Å². The maximum absolute atomic E-state index is 12.3. The number of aromatic amines is 1. The van der Waals surface area contributed by atoms with Crippen LogP contribution < -0.4 is 5.32 Å². The van der Waals surface area contributed by atoms with Gasteiger partial charge in [-0.1, -0.05) is 21.1 Å². The van der Waals surface area contributed by atoms with Crippen molar-refractivity contribution in [2.75, 3.05) is 0 Å². The number of nitrogens with zero attached hydrogens (tertiary/aromatic N) is 3. The van der Waals surface area contributed by atoms with E-state index in [2.05, 4.69) is 41.9 Å². The highest BCUT2D eigenvalue weighted by Gasteiger charge is 2.21. The second-order valence-electron chi connectivity index (χ2n) is 4.66. The van der Waals surface area contributed by atoms with Crippen LogP contribution in [0.3, 0.4) is 0 Å². The zero-order valence-electron chi connectivity index (χ0n) is 11.3. The summed E-state index contributed by atoms with van der Waals surface area (Å²) in [5.74, 6) is 0.399. The lowest BCUT2D eigenvalue weighted by Crippen LogP contribution is -2.27. The molecule has 2 heterocycles. The number of carbonyl (C=O) groups is 1. The molecule has 0 fully saturated rings. The van der Waals surface area contributed by atoms with Crippen LogP contribution in [0.5, 0.6) is 0 Å². The first-order valence-corrected chi connectivity index (χ1v) is 7.08. The fraction of sp³-hybridized carbons (Fsp3) is 0.231. The molecular weight excluding hydrogens is 338 g/mol. The van der Waals surface area contributed by atoms with Gasteiger partial charge in [-0.25, -0.2) is 0 Å². The lowest BCUT2D eigenvalue weighted by molar-refractivity contribution is 0.0911. The van der Waals surface area contributed by atoms with Crippen molar-refractivity contribution in [3.63, 3.8) is 0 Å². The smallest absolute Gasteiger partial charge is 0.287 e. The van der Waals surface area contributed by atoms with Gasteiger partial charge >= 0.3 is 0 Å². The number of carbonyl (C=O) groups excluding carboxylic acids is 1. The van der Waals surface area contributed by atoms with E-state index in [-0.39, 0.29) is 11.9 Å². The van der Waals surface area contributed by atoms with Crippen LogP contribution in [0.1, 0.15) is 34.9 Å². The summed E-state index contributed by atoms with van der Waals surface area (Å²) in [6, 6.07) is 5.25. The van der Waals surface area contributed by atoms with Crippen LogP contribution in [0.25, 0.3) is 11.0 Å². The summed E-state index contributed by atoms with van der Waals surface area (Å²) in [6.45, 7) is 3.63. The van der Waals surface area contributed by atoms with E-state index in [9.17, 15) is 4.79 Å². The number of benzene rings is 1. The molecule has 0 saturated heterocycles. The molecule has 1 atom stereocenters. The molecule has 3 aromatic rings. The van der Waals surface area contributed by atoms with E-state index in [4.69, 9.17) is 4.42 Å². The Bertz CT molecular complexity index is 796. The number of H-pyrrole nitrogens is 1. The zero-order chi connectivity index (χ0) is 15.0. The van der Waals surface area contributed by atoms with Gasteiger partial charge in [0.25, 0.3) is 5.91 Å². The third kappa shape index (κ3) is 2.54. The molecule has 2 N–H and O–H groups in total. The van der Waals surface area contributed by atoms with Crippen molar-refractivity contribution in [3.05, 3.63) is 39.8 Å². The summed E-state index contributed by atoms with van der Waals surface area (Å²) in [5, 5.41) is 17.2. The Balaban J connectivity index is 1.89. The topological polar surface area (TPSA) is 96.7 Å². The number of rotatable bonds is 3. The van der Waals surface area contributed by atoms with E-state index < -0.39 is 0 Å². The number of halogens is 1. The number of nitrogens with one attached hydrogen (secondary N) is 2. The van der Waals surface area contributed by atoms with Crippen molar-refractivity contribution in [1.82, 2.24) is 25.9 Å². The molecule has 21 heavy (non-hydrogen) atoms. The lowest BCUT2D eigenvalue weighted by atomic mass is 10.1. The first kappa shape index (κ1) is 13.7. The van der Waals surface area contributed by atoms with Gasteiger partial charge in [-0.2, -0.15) is 5.21 Å². The van der Waals surface area contributed by atoms with Gasteiger partial charge in [0.05, 0.1) is 6.04 Å². The molecule has 8 heteroatoms. The van der Waals surface area contributed by atoms with Crippen LogP contribution in [0, 0.1) is 6.92 Å². The Morgan fingerprint density at radius 3 is 3.00 bits per heavy atom. The molecule has 3 rings (SSSR count). The minimum absolute atomic E-state index is 0.290. The molecule has 1 amide bonds. The van der Waals surface area contributed by atoms with Crippen LogP contribution in [-0.2, 0) is 0 Å². The van der Waals surface area contributed by atoms with Crippen LogP contribution in [-0.4, -0.2) is 26.5 Å². The molecular formula is C13H12BrN5O2. The van der Waals surface area contributed by atoms with E-state index in [0.29, 0.717) is 17.2 Å². The number of amides is 1. The van der Waals surface area contributed by atoms with Crippen LogP contribution in [0.15, 0.2) is 27.1 Å². The van der Waals surface area contributed by atoms with E-state index >= 15 is 0 Å². The van der Waals surface area contributed by atoms with Crippen LogP contribution in [0.2, 0.25) is 0 Å². The largest absolute Gasteiger partial charge is 0.451 e. The molecule has 0 aliphatic heterocycles. The third-order valence-electron chi connectivity index (χ3n) is 3.20. The van der Waals surface area contributed by atoms with Crippen LogP contribution >= 0.6 is 15.9 Å². The van der Waals surface area contributed by atoms with Crippen molar-refractivity contribution in [1.29, 1.82) is 0 Å². The molecule has 1 unspecified atom stereocenters. The van der Waals surface area contributed by atoms with Gasteiger partial charge in [0.1, 0.15) is 5.58 Å². The number of aromatic nitrogens is 4. The first-order valence-electron chi connectivity index (χ1n) is 6.29. The van der Waals surface area contributed by atoms with Gasteiger partial charge in [-0.3, -0.25) is 4.79 Å². The Morgan fingerprint density at radius 1 is 1.48 bits per heavy atom. The second-order valence-corrected chi connectivity index (χ2v) is 5.58. The number of aryl methyl sites for hydroxylation is 1. The first-order chi connectivity index (χ1) is 10.1. The fourth-order valence-electron chi connectivity index (χ4n) is 2.09. The number of tetrazole rings is 1. The summed E-state index contributed by atoms with van der Waals surface area (Å²) in [7, 11) is 0. The molecule has 0 radical (unpaired) electrons. The number of hydrogen-bond donors (Lipinski definition) is 2. The van der Waals surface area contributed by atoms with Crippen molar-refractivity contribution < 1.29 is 9.21 Å². The Hall–Kier alpha value is -2.22. The molecule has 1 aromatic carbocycles. The SMILES string of the molecule is Cc1c(C(=O)NC(C)c2nn[nH]n2)oc2ccc(Br)cc12. The summed E-state index contributed by atoms with van der Waals surface area (Å²) >= 11 is 3.41. The molecule has 0 aliphatic rings. The van der Waals surface area contributed by atoms with Crippen LogP contribution in [0.4, 0.5) is 0 Å². The van der Waals surface area contributed by atoms with Gasteiger partial charge in [0.15, 0.2) is 11.6 Å². The van der Waals surface area contributed by atoms with E-state index in [1.807, 2.05) is 25.1 Å². The van der Waals surface area contributed by atoms with E-state index in [1.54, 1.807) is 6.92 Å². The monoisotopic (exact) mass is 349 g/mol. The Labute approximate surface area is 128 Å². The highest BCUT2D eigenvalue weighted by molar-refractivity contribution is 9.10. The number of furan rings is 1. The maximum atomic E-state index is 12.3. The highest BCUT2D eigenvalue weighted by atomic mass is 79.9. The molecule has 0 spiro atoms. The van der Waals surface area contributed by atoms with Crippen molar-refractivity contribution in [2.45, 2.75) is 19.9 Å². The Morgan fingerprint density at radius 2 is 2.29 bits per heavy atom. The molecule has 108 valence electrons. The highest BCUT2D eigenvalue weighted by Crippen LogP contribution is 2.28. The standard InChI is InChI=1S/C13H12BrN5O2/c1-6-9-5-8(14)3-4-10(9)21-11(6)13(20)15-7(2)12-16-18-19-17-12/h3-5,7H,1-2H3,(H,15,20)(H,16,17,18,19). The average Bonchev–Trinajstić information content (AvgIpc) is 3.08. The van der Waals surface area contributed by atoms with Crippen molar-refractivity contribution in [2.24, 2.45) is 0 Å². The predicted molar refractivity (Wildman–Crippen MR) is 78.7 cm³/mol. The molecule has 0 aliphatic carbocycles. The van der Waals surface area contributed by atoms with Gasteiger partial charge in [-0.05, 0) is 32.0 Å².